The van der Waals surface area contributed by atoms with Crippen molar-refractivity contribution in [3.05, 3.63) is 0 Å². The number of rotatable bonds is 8. The number of anilines is 1. The fraction of sp³-hybridized carbons (Fsp3) is 0.600. The van der Waals surface area contributed by atoms with Crippen molar-refractivity contribution in [2.24, 2.45) is 0 Å². The zero-order chi connectivity index (χ0) is 15.9. The minimum Gasteiger partial charge on any atom is -0.466 e. The Hall–Kier alpha value is -1.59. The molecule has 0 saturated carbocycles. The van der Waals surface area contributed by atoms with Crippen LogP contribution in [-0.4, -0.2) is 43.6 Å². The molecule has 11 heteroatoms. The van der Waals surface area contributed by atoms with E-state index in [-0.39, 0.29) is 34.3 Å². The molecule has 0 aromatic carbocycles. The molecule has 0 aliphatic carbocycles. The number of nitrogens with zero attached hydrogens (tertiary/aromatic N) is 2. The lowest BCUT2D eigenvalue weighted by Crippen LogP contribution is -2.25. The van der Waals surface area contributed by atoms with Gasteiger partial charge in [-0.25, -0.2) is 13.1 Å². The van der Waals surface area contributed by atoms with Crippen molar-refractivity contribution in [3.63, 3.8) is 0 Å². The lowest BCUT2D eigenvalue weighted by Gasteiger charge is -2.03. The molecule has 1 aromatic rings. The van der Waals surface area contributed by atoms with Crippen molar-refractivity contribution in [1.82, 2.24) is 14.9 Å². The molecule has 1 rings (SSSR count). The standard InChI is InChI=1S/C10H16N4O5S2/c1-3-19-8(16)5-4-6-11-21(17,18)10-14-13-9(20-10)12-7(2)15/h11H,3-6H2,1-2H3,(H,12,13,15). The molecule has 2 N–H and O–H groups in total. The predicted octanol–water partition coefficient (Wildman–Crippen LogP) is 0.118. The van der Waals surface area contributed by atoms with Crippen LogP contribution in [0.25, 0.3) is 0 Å². The van der Waals surface area contributed by atoms with Gasteiger partial charge in [0.25, 0.3) is 10.0 Å². The molecule has 0 saturated heterocycles. The lowest BCUT2D eigenvalue weighted by molar-refractivity contribution is -0.143. The van der Waals surface area contributed by atoms with Crippen LogP contribution in [0.1, 0.15) is 26.7 Å². The van der Waals surface area contributed by atoms with Crippen LogP contribution < -0.4 is 10.0 Å². The molecule has 1 aromatic heterocycles. The third-order valence-electron chi connectivity index (χ3n) is 2.07. The van der Waals surface area contributed by atoms with Crippen molar-refractivity contribution in [3.8, 4) is 0 Å². The molecule has 0 aliphatic heterocycles. The van der Waals surface area contributed by atoms with E-state index in [1.807, 2.05) is 0 Å². The first-order valence-electron chi connectivity index (χ1n) is 6.11. The minimum absolute atomic E-state index is 0.0796. The fourth-order valence-corrected chi connectivity index (χ4v) is 3.31. The molecule has 0 spiro atoms. The number of carbonyl (C=O) groups excluding carboxylic acids is 2. The molecule has 0 fully saturated rings. The summed E-state index contributed by atoms with van der Waals surface area (Å²) < 4.78 is 30.5. The fourth-order valence-electron chi connectivity index (χ4n) is 1.25. The summed E-state index contributed by atoms with van der Waals surface area (Å²) in [5.74, 6) is -0.738. The molecule has 21 heavy (non-hydrogen) atoms. The van der Waals surface area contributed by atoms with Crippen molar-refractivity contribution in [2.45, 2.75) is 31.0 Å². The number of esters is 1. The van der Waals surface area contributed by atoms with Gasteiger partial charge in [0.1, 0.15) is 0 Å². The van der Waals surface area contributed by atoms with Gasteiger partial charge in [-0.1, -0.05) is 11.3 Å². The van der Waals surface area contributed by atoms with E-state index in [1.165, 1.54) is 6.92 Å². The SMILES string of the molecule is CCOC(=O)CCCNS(=O)(=O)c1nnc(NC(C)=O)s1. The summed E-state index contributed by atoms with van der Waals surface area (Å²) in [5, 5.41) is 9.49. The third-order valence-corrected chi connectivity index (χ3v) is 4.74. The molecule has 0 radical (unpaired) electrons. The zero-order valence-electron chi connectivity index (χ0n) is 11.6. The minimum atomic E-state index is -3.79. The molecule has 1 amide bonds. The first kappa shape index (κ1) is 17.5. The number of ether oxygens (including phenoxy) is 1. The molecule has 118 valence electrons. The number of amides is 1. The highest BCUT2D eigenvalue weighted by Crippen LogP contribution is 2.19. The van der Waals surface area contributed by atoms with Gasteiger partial charge in [-0.3, -0.25) is 9.59 Å². The van der Waals surface area contributed by atoms with Gasteiger partial charge in [0.2, 0.25) is 15.4 Å². The molecule has 0 aliphatic rings. The van der Waals surface area contributed by atoms with Crippen molar-refractivity contribution in [2.75, 3.05) is 18.5 Å². The summed E-state index contributed by atoms with van der Waals surface area (Å²) in [7, 11) is -3.79. The van der Waals surface area contributed by atoms with Gasteiger partial charge in [0.15, 0.2) is 0 Å². The Labute approximate surface area is 126 Å². The Morgan fingerprint density at radius 2 is 2.05 bits per heavy atom. The summed E-state index contributed by atoms with van der Waals surface area (Å²) >= 11 is 0.744. The molecule has 0 unspecified atom stereocenters. The maximum Gasteiger partial charge on any atom is 0.305 e. The molecule has 9 nitrogen and oxygen atoms in total. The van der Waals surface area contributed by atoms with Crippen molar-refractivity contribution in [1.29, 1.82) is 0 Å². The van der Waals surface area contributed by atoms with Gasteiger partial charge in [0.05, 0.1) is 6.61 Å². The quantitative estimate of drug-likeness (QED) is 0.392. The smallest absolute Gasteiger partial charge is 0.305 e. The second kappa shape index (κ2) is 8.00. The highest BCUT2D eigenvalue weighted by Gasteiger charge is 2.20. The number of carbonyl (C=O) groups is 2. The molecule has 0 atom stereocenters. The predicted molar refractivity (Wildman–Crippen MR) is 75.3 cm³/mol. The highest BCUT2D eigenvalue weighted by molar-refractivity contribution is 7.91. The number of sulfonamides is 1. The maximum absolute atomic E-state index is 11.9. The molecular weight excluding hydrogens is 320 g/mol. The van der Waals surface area contributed by atoms with Gasteiger partial charge in [0, 0.05) is 19.9 Å². The number of nitrogens with one attached hydrogen (secondary N) is 2. The van der Waals surface area contributed by atoms with E-state index in [9.17, 15) is 18.0 Å². The number of hydrogen-bond acceptors (Lipinski definition) is 8. The van der Waals surface area contributed by atoms with E-state index in [0.29, 0.717) is 13.0 Å². The molecule has 0 bridgehead atoms. The topological polar surface area (TPSA) is 127 Å². The summed E-state index contributed by atoms with van der Waals surface area (Å²) in [6, 6.07) is 0. The first-order chi connectivity index (χ1) is 9.85. The normalized spacial score (nSPS) is 11.1. The van der Waals surface area contributed by atoms with Crippen LogP contribution in [0.5, 0.6) is 0 Å². The second-order valence-electron chi connectivity index (χ2n) is 3.86. The highest BCUT2D eigenvalue weighted by atomic mass is 32.2. The van der Waals surface area contributed by atoms with E-state index < -0.39 is 10.0 Å². The van der Waals surface area contributed by atoms with Crippen LogP contribution in [0, 0.1) is 0 Å². The van der Waals surface area contributed by atoms with Crippen molar-refractivity contribution < 1.29 is 22.7 Å². The zero-order valence-corrected chi connectivity index (χ0v) is 13.2. The first-order valence-corrected chi connectivity index (χ1v) is 8.41. The van der Waals surface area contributed by atoms with Crippen LogP contribution in [0.15, 0.2) is 4.34 Å². The molecule has 1 heterocycles. The summed E-state index contributed by atoms with van der Waals surface area (Å²) in [6.07, 6.45) is 0.443. The van der Waals surface area contributed by atoms with Crippen molar-refractivity contribution >= 4 is 38.4 Å². The van der Waals surface area contributed by atoms with Crippen LogP contribution in [-0.2, 0) is 24.3 Å². The van der Waals surface area contributed by atoms with Crippen LogP contribution in [0.2, 0.25) is 0 Å². The second-order valence-corrected chi connectivity index (χ2v) is 6.78. The third kappa shape index (κ3) is 6.14. The van der Waals surface area contributed by atoms with E-state index >= 15 is 0 Å². The largest absolute Gasteiger partial charge is 0.466 e. The number of aromatic nitrogens is 2. The van der Waals surface area contributed by atoms with Crippen LogP contribution in [0.3, 0.4) is 0 Å². The average molecular weight is 336 g/mol. The van der Waals surface area contributed by atoms with E-state index in [4.69, 9.17) is 4.74 Å². The van der Waals surface area contributed by atoms with Crippen LogP contribution in [0.4, 0.5) is 5.13 Å². The Morgan fingerprint density at radius 1 is 1.33 bits per heavy atom. The summed E-state index contributed by atoms with van der Waals surface area (Å²) in [6.45, 7) is 3.35. The van der Waals surface area contributed by atoms with Gasteiger partial charge >= 0.3 is 5.97 Å². The van der Waals surface area contributed by atoms with Gasteiger partial charge in [-0.15, -0.1) is 10.2 Å². The summed E-state index contributed by atoms with van der Waals surface area (Å²) in [4.78, 5) is 21.9. The van der Waals surface area contributed by atoms with Crippen LogP contribution >= 0.6 is 11.3 Å². The Balaban J connectivity index is 2.48. The Kier molecular flexibility index (Phi) is 6.65. The van der Waals surface area contributed by atoms with E-state index in [2.05, 4.69) is 20.2 Å². The van der Waals surface area contributed by atoms with Gasteiger partial charge in [-0.2, -0.15) is 0 Å². The monoisotopic (exact) mass is 336 g/mol. The Bertz CT molecular complexity index is 598. The summed E-state index contributed by atoms with van der Waals surface area (Å²) in [5.41, 5.74) is 0. The maximum atomic E-state index is 11.9. The van der Waals surface area contributed by atoms with Gasteiger partial charge in [-0.05, 0) is 13.3 Å². The van der Waals surface area contributed by atoms with E-state index in [1.54, 1.807) is 6.92 Å². The van der Waals surface area contributed by atoms with Gasteiger partial charge < -0.3 is 10.1 Å². The number of hydrogen-bond donors (Lipinski definition) is 2. The Morgan fingerprint density at radius 3 is 2.67 bits per heavy atom. The lowest BCUT2D eigenvalue weighted by atomic mass is 10.3. The van der Waals surface area contributed by atoms with E-state index in [0.717, 1.165) is 11.3 Å². The average Bonchev–Trinajstić information content (AvgIpc) is 2.83. The molecular formula is C10H16N4O5S2.